The summed E-state index contributed by atoms with van der Waals surface area (Å²) in [7, 11) is 0. The van der Waals surface area contributed by atoms with E-state index in [1.807, 2.05) is 6.07 Å². The molecule has 0 aliphatic carbocycles. The second-order valence-corrected chi connectivity index (χ2v) is 21.0. The number of aromatic nitrogens is 5. The summed E-state index contributed by atoms with van der Waals surface area (Å²) in [5.74, 6) is 1.71. The first-order valence-electron chi connectivity index (χ1n) is 26.0. The molecule has 0 bridgehead atoms. The van der Waals surface area contributed by atoms with E-state index >= 15 is 0 Å². The summed E-state index contributed by atoms with van der Waals surface area (Å²) in [5.41, 5.74) is 22.3. The van der Waals surface area contributed by atoms with Crippen molar-refractivity contribution < 1.29 is 31.4 Å². The van der Waals surface area contributed by atoms with Crippen molar-refractivity contribution in [3.63, 3.8) is 0 Å². The normalized spacial score (nSPS) is 12.2. The van der Waals surface area contributed by atoms with Gasteiger partial charge in [0.05, 0.1) is 44.5 Å². The van der Waals surface area contributed by atoms with Crippen molar-refractivity contribution in [2.75, 3.05) is 0 Å². The van der Waals surface area contributed by atoms with Gasteiger partial charge in [0.25, 0.3) is 6.33 Å². The number of fused-ring (bicyclic) bond motifs is 12. The molecule has 0 saturated carbocycles. The molecule has 0 unspecified atom stereocenters. The van der Waals surface area contributed by atoms with Gasteiger partial charge in [0, 0.05) is 39.1 Å². The molecule has 12 aromatic rings. The zero-order valence-electron chi connectivity index (χ0n) is 43.1. The maximum absolute atomic E-state index is 6.91. The minimum Gasteiger partial charge on any atom is -0.453 e. The first kappa shape index (κ1) is 47.4. The summed E-state index contributed by atoms with van der Waals surface area (Å²) >= 11 is 0. The van der Waals surface area contributed by atoms with Gasteiger partial charge in [0.15, 0.2) is 11.2 Å². The maximum atomic E-state index is 6.91. The van der Waals surface area contributed by atoms with Crippen molar-refractivity contribution in [1.82, 2.24) is 18.1 Å². The van der Waals surface area contributed by atoms with Crippen LogP contribution in [0.4, 0.5) is 0 Å². The van der Waals surface area contributed by atoms with E-state index in [1.54, 1.807) is 0 Å². The third-order valence-electron chi connectivity index (χ3n) is 15.2. The van der Waals surface area contributed by atoms with Gasteiger partial charge in [-0.15, -0.1) is 5.39 Å². The Balaban J connectivity index is 0.000000152. The SMILES string of the molecule is CC(C)c1cccc(C(C)C)c1-n1[c-][n+](-c2c(C(C)C)cccc2C(C)C)c2ccccc21.[Au].[c-]1cc2c3ccccc3n3c4cc5c6c(oc7ccccc7n-6c6ccccc6n5-c5ccccc5)c4c(c1)c23. The standard InChI is InChI=1S/C36H20N3O.C31H38N2.Au/c1-2-11-22(12-3-1)37-27-17-6-7-18-28(27)39-29-19-8-9-20-32(29)40-36-33-25-15-10-14-24-23-13-4-5-16-26(23)38(34(24)25)30(33)21-31(37)35(36)39;1-20(2)24-13-11-14-25(21(3)4)30(24)32-19-33(29-18-10-9-17-28(29)32)31-26(22(5)6)15-12-16-27(31)23(7)8;/h1-9,11-21H;9-18,20-23H,1-8H3;/q-1;;. The number of hydrogen-bond donors (Lipinski definition) is 0. The first-order chi connectivity index (χ1) is 35.6. The van der Waals surface area contributed by atoms with E-state index in [9.17, 15) is 0 Å². The fourth-order valence-electron chi connectivity index (χ4n) is 11.9. The van der Waals surface area contributed by atoms with Crippen LogP contribution in [-0.4, -0.2) is 18.1 Å². The number of hydrogen-bond acceptors (Lipinski definition) is 1. The second-order valence-electron chi connectivity index (χ2n) is 21.0. The molecule has 3 aromatic heterocycles. The van der Waals surface area contributed by atoms with Crippen LogP contribution in [-0.2, 0) is 22.4 Å². The Morgan fingerprint density at radius 1 is 0.446 bits per heavy atom. The van der Waals surface area contributed by atoms with Crippen LogP contribution in [0.15, 0.2) is 186 Å². The number of nitrogens with zero attached hydrogens (tertiary/aromatic N) is 5. The zero-order valence-corrected chi connectivity index (χ0v) is 45.2. The first-order valence-corrected chi connectivity index (χ1v) is 26.0. The molecule has 0 fully saturated rings. The molecule has 2 aliphatic rings. The number of rotatable bonds is 7. The molecule has 0 spiro atoms. The summed E-state index contributed by atoms with van der Waals surface area (Å²) in [5, 5.41) is 4.73. The van der Waals surface area contributed by atoms with Crippen molar-refractivity contribution in [3.05, 3.63) is 217 Å². The zero-order chi connectivity index (χ0) is 49.8. The van der Waals surface area contributed by atoms with Gasteiger partial charge in [0.1, 0.15) is 5.69 Å². The molecule has 0 saturated heterocycles. The number of para-hydroxylation sites is 10. The summed E-state index contributed by atoms with van der Waals surface area (Å²) in [6.07, 6.45) is 3.84. The van der Waals surface area contributed by atoms with Crippen LogP contribution in [0.5, 0.6) is 0 Å². The minimum atomic E-state index is 0. The predicted molar refractivity (Wildman–Crippen MR) is 303 cm³/mol. The molecule has 14 rings (SSSR count). The van der Waals surface area contributed by atoms with Crippen LogP contribution < -0.4 is 4.57 Å². The third kappa shape index (κ3) is 7.14. The molecule has 0 N–H and O–H groups in total. The molecule has 0 amide bonds. The molecule has 1 radical (unpaired) electrons. The molecular formula is C67H58AuN5O-. The monoisotopic (exact) mass is 1150 g/mol. The van der Waals surface area contributed by atoms with Crippen LogP contribution in [0.1, 0.15) is 101 Å². The minimum absolute atomic E-state index is 0. The average Bonchev–Trinajstić information content (AvgIpc) is 4.11. The van der Waals surface area contributed by atoms with Crippen LogP contribution in [0.2, 0.25) is 0 Å². The van der Waals surface area contributed by atoms with Crippen LogP contribution in [0, 0.1) is 12.4 Å². The van der Waals surface area contributed by atoms with Crippen LogP contribution in [0.25, 0.3) is 105 Å². The van der Waals surface area contributed by atoms with Crippen molar-refractivity contribution in [3.8, 4) is 22.7 Å². The predicted octanol–water partition coefficient (Wildman–Crippen LogP) is 17.5. The smallest absolute Gasteiger partial charge is 0.269 e. The summed E-state index contributed by atoms with van der Waals surface area (Å²) in [6, 6.07) is 68.6. The van der Waals surface area contributed by atoms with E-state index in [2.05, 4.69) is 266 Å². The van der Waals surface area contributed by atoms with Gasteiger partial charge in [-0.2, -0.15) is 18.2 Å². The molecule has 2 aliphatic heterocycles. The van der Waals surface area contributed by atoms with Gasteiger partial charge in [-0.1, -0.05) is 182 Å². The van der Waals surface area contributed by atoms with Gasteiger partial charge in [-0.25, -0.2) is 0 Å². The van der Waals surface area contributed by atoms with E-state index < -0.39 is 0 Å². The Kier molecular flexibility index (Phi) is 11.8. The Hall–Kier alpha value is -7.61. The number of imidazole rings is 1. The molecule has 5 heterocycles. The topological polar surface area (TPSA) is 36.2 Å². The summed E-state index contributed by atoms with van der Waals surface area (Å²) in [6.45, 7) is 18.3. The molecule has 74 heavy (non-hydrogen) atoms. The van der Waals surface area contributed by atoms with Gasteiger partial charge in [-0.05, 0) is 111 Å². The van der Waals surface area contributed by atoms with Crippen molar-refractivity contribution >= 4 is 82.4 Å². The van der Waals surface area contributed by atoms with Gasteiger partial charge >= 0.3 is 0 Å². The Bertz CT molecular complexity index is 4250. The number of benzene rings is 9. The molecule has 7 heteroatoms. The molecule has 369 valence electrons. The Labute approximate surface area is 447 Å². The Morgan fingerprint density at radius 2 is 0.986 bits per heavy atom. The van der Waals surface area contributed by atoms with E-state index in [-0.39, 0.29) is 22.4 Å². The van der Waals surface area contributed by atoms with Gasteiger partial charge < -0.3 is 13.4 Å². The fraction of sp³-hybridized carbons (Fsp3) is 0.179. The van der Waals surface area contributed by atoms with Gasteiger partial charge in [0.2, 0.25) is 0 Å². The average molecular weight is 1150 g/mol. The van der Waals surface area contributed by atoms with E-state index in [0.29, 0.717) is 23.7 Å². The quantitative estimate of drug-likeness (QED) is 0.0515. The third-order valence-corrected chi connectivity index (χ3v) is 15.2. The largest absolute Gasteiger partial charge is 0.453 e. The molecule has 0 atom stereocenters. The molecular weight excluding hydrogens is 1090 g/mol. The van der Waals surface area contributed by atoms with Crippen LogP contribution in [0.3, 0.4) is 0 Å². The van der Waals surface area contributed by atoms with E-state index in [4.69, 9.17) is 4.42 Å². The molecule has 9 aromatic carbocycles. The van der Waals surface area contributed by atoms with Crippen LogP contribution >= 0.6 is 0 Å². The summed E-state index contributed by atoms with van der Waals surface area (Å²) < 4.78 is 18.7. The van der Waals surface area contributed by atoms with Crippen molar-refractivity contribution in [2.24, 2.45) is 0 Å². The second kappa shape index (κ2) is 18.4. The summed E-state index contributed by atoms with van der Waals surface area (Å²) in [4.78, 5) is 0. The Morgan fingerprint density at radius 3 is 1.65 bits per heavy atom. The maximum Gasteiger partial charge on any atom is 0.269 e. The van der Waals surface area contributed by atoms with Crippen molar-refractivity contribution in [2.45, 2.75) is 79.1 Å². The van der Waals surface area contributed by atoms with Crippen molar-refractivity contribution in [1.29, 1.82) is 0 Å². The van der Waals surface area contributed by atoms with E-state index in [1.165, 1.54) is 66.5 Å². The van der Waals surface area contributed by atoms with Gasteiger partial charge in [-0.3, -0.25) is 13.7 Å². The van der Waals surface area contributed by atoms with E-state index in [0.717, 1.165) is 60.9 Å². The fourth-order valence-corrected chi connectivity index (χ4v) is 11.9. The molecule has 6 nitrogen and oxygen atoms in total.